The lowest BCUT2D eigenvalue weighted by atomic mass is 10.3. The Bertz CT molecular complexity index is 395. The number of halogens is 1. The summed E-state index contributed by atoms with van der Waals surface area (Å²) in [5.74, 6) is 0. The molecule has 4 heteroatoms. The molecule has 0 bridgehead atoms. The monoisotopic (exact) mass is 242 g/mol. The van der Waals surface area contributed by atoms with Crippen molar-refractivity contribution >= 4 is 15.9 Å². The van der Waals surface area contributed by atoms with E-state index in [2.05, 4.69) is 27.5 Å². The molecule has 1 heterocycles. The van der Waals surface area contributed by atoms with Gasteiger partial charge in [0.2, 0.25) is 0 Å². The normalized spacial score (nSPS) is 10.1. The fourth-order valence-electron chi connectivity index (χ4n) is 1.14. The van der Waals surface area contributed by atoms with Crippen LogP contribution in [0.15, 0.2) is 21.9 Å². The van der Waals surface area contributed by atoms with Crippen LogP contribution in [-0.2, 0) is 6.54 Å². The maximum absolute atomic E-state index is 11.4. The molecule has 0 aromatic carbocycles. The van der Waals surface area contributed by atoms with Crippen molar-refractivity contribution in [2.24, 2.45) is 0 Å². The first-order valence-corrected chi connectivity index (χ1v) is 4.68. The third-order valence-electron chi connectivity index (χ3n) is 1.68. The molecule has 0 aliphatic carbocycles. The van der Waals surface area contributed by atoms with Crippen molar-refractivity contribution in [1.29, 1.82) is 0 Å². The van der Waals surface area contributed by atoms with Crippen molar-refractivity contribution in [2.45, 2.75) is 20.4 Å². The van der Waals surface area contributed by atoms with E-state index in [4.69, 9.17) is 0 Å². The van der Waals surface area contributed by atoms with E-state index in [0.29, 0.717) is 6.54 Å². The summed E-state index contributed by atoms with van der Waals surface area (Å²) >= 11 is 3.22. The molecule has 1 rings (SSSR count). The van der Waals surface area contributed by atoms with Crippen LogP contribution in [0.2, 0.25) is 0 Å². The third-order valence-corrected chi connectivity index (χ3v) is 1.93. The summed E-state index contributed by atoms with van der Waals surface area (Å²) in [5.41, 5.74) is 1.43. The Morgan fingerprint density at radius 2 is 2.31 bits per heavy atom. The average molecular weight is 243 g/mol. The van der Waals surface area contributed by atoms with Crippen LogP contribution in [0.5, 0.6) is 0 Å². The van der Waals surface area contributed by atoms with Gasteiger partial charge >= 0.3 is 5.69 Å². The van der Waals surface area contributed by atoms with Crippen molar-refractivity contribution in [3.05, 3.63) is 39.0 Å². The zero-order valence-electron chi connectivity index (χ0n) is 7.67. The summed E-state index contributed by atoms with van der Waals surface area (Å²) in [6.45, 7) is 7.84. The molecule has 1 aromatic rings. The number of rotatable bonds is 2. The molecule has 0 spiro atoms. The fraction of sp³-hybridized carbons (Fsp3) is 0.333. The van der Waals surface area contributed by atoms with Gasteiger partial charge in [0.05, 0.1) is 6.54 Å². The van der Waals surface area contributed by atoms with Crippen LogP contribution >= 0.6 is 15.9 Å². The molecule has 0 radical (unpaired) electrons. The predicted molar refractivity (Wildman–Crippen MR) is 56.0 cm³/mol. The van der Waals surface area contributed by atoms with Gasteiger partial charge < -0.3 is 0 Å². The van der Waals surface area contributed by atoms with Crippen LogP contribution in [0.3, 0.4) is 0 Å². The van der Waals surface area contributed by atoms with Gasteiger partial charge in [-0.15, -0.1) is 0 Å². The lowest BCUT2D eigenvalue weighted by molar-refractivity contribution is 0.704. The first-order valence-electron chi connectivity index (χ1n) is 3.89. The van der Waals surface area contributed by atoms with Crippen LogP contribution < -0.4 is 5.69 Å². The van der Waals surface area contributed by atoms with Gasteiger partial charge in [-0.25, -0.2) is 4.79 Å². The number of hydrogen-bond acceptors (Lipinski definition) is 2. The zero-order chi connectivity index (χ0) is 10.0. The van der Waals surface area contributed by atoms with E-state index in [1.54, 1.807) is 4.57 Å². The Balaban J connectivity index is 3.21. The number of hydrogen-bond donors (Lipinski definition) is 0. The number of allylic oxidation sites excluding steroid dienone is 1. The molecule has 0 saturated heterocycles. The van der Waals surface area contributed by atoms with Crippen LogP contribution in [0.4, 0.5) is 0 Å². The molecular formula is C9H11BrN2O. The maximum atomic E-state index is 11.4. The van der Waals surface area contributed by atoms with Gasteiger partial charge in [-0.3, -0.25) is 4.57 Å². The summed E-state index contributed by atoms with van der Waals surface area (Å²) < 4.78 is 2.34. The Morgan fingerprint density at radius 3 is 2.77 bits per heavy atom. The number of nitrogens with zero attached hydrogens (tertiary/aromatic N) is 2. The van der Waals surface area contributed by atoms with Crippen LogP contribution in [0.1, 0.15) is 11.4 Å². The predicted octanol–water partition coefficient (Wildman–Crippen LogP) is 1.77. The van der Waals surface area contributed by atoms with Gasteiger partial charge in [-0.1, -0.05) is 22.5 Å². The summed E-state index contributed by atoms with van der Waals surface area (Å²) in [5, 5.41) is 0. The highest BCUT2D eigenvalue weighted by Crippen LogP contribution is 2.05. The first-order chi connectivity index (χ1) is 6.00. The molecule has 0 fully saturated rings. The molecule has 0 atom stereocenters. The second-order valence-electron chi connectivity index (χ2n) is 2.92. The standard InChI is InChI=1S/C9H11BrN2O/c1-6(10)5-12-8(3)4-7(2)11-9(12)13/h4H,1,5H2,2-3H3. The summed E-state index contributed by atoms with van der Waals surface area (Å²) in [4.78, 5) is 15.2. The first kappa shape index (κ1) is 10.2. The minimum Gasteiger partial charge on any atom is -0.292 e. The van der Waals surface area contributed by atoms with Gasteiger partial charge in [0.25, 0.3) is 0 Å². The van der Waals surface area contributed by atoms with E-state index in [0.717, 1.165) is 15.9 Å². The summed E-state index contributed by atoms with van der Waals surface area (Å²) in [6.07, 6.45) is 0. The number of aromatic nitrogens is 2. The van der Waals surface area contributed by atoms with Crippen LogP contribution in [0.25, 0.3) is 0 Å². The molecule has 0 unspecified atom stereocenters. The topological polar surface area (TPSA) is 34.9 Å². The minimum absolute atomic E-state index is 0.224. The van der Waals surface area contributed by atoms with E-state index in [9.17, 15) is 4.79 Å². The maximum Gasteiger partial charge on any atom is 0.348 e. The highest BCUT2D eigenvalue weighted by Gasteiger charge is 2.02. The molecule has 0 aliphatic rings. The van der Waals surface area contributed by atoms with Crippen molar-refractivity contribution in [3.63, 3.8) is 0 Å². The van der Waals surface area contributed by atoms with Gasteiger partial charge in [0.1, 0.15) is 0 Å². The minimum atomic E-state index is -0.224. The van der Waals surface area contributed by atoms with Crippen molar-refractivity contribution in [1.82, 2.24) is 9.55 Å². The second-order valence-corrected chi connectivity index (χ2v) is 4.05. The smallest absolute Gasteiger partial charge is 0.292 e. The Morgan fingerprint density at radius 1 is 1.69 bits per heavy atom. The average Bonchev–Trinajstić information content (AvgIpc) is 1.96. The Kier molecular flexibility index (Phi) is 3.03. The van der Waals surface area contributed by atoms with E-state index in [1.807, 2.05) is 19.9 Å². The van der Waals surface area contributed by atoms with Crippen molar-refractivity contribution in [2.75, 3.05) is 0 Å². The van der Waals surface area contributed by atoms with Crippen molar-refractivity contribution in [3.8, 4) is 0 Å². The van der Waals surface area contributed by atoms with E-state index in [1.165, 1.54) is 0 Å². The molecule has 0 aliphatic heterocycles. The third kappa shape index (κ3) is 2.52. The van der Waals surface area contributed by atoms with Gasteiger partial charge in [0.15, 0.2) is 0 Å². The van der Waals surface area contributed by atoms with E-state index in [-0.39, 0.29) is 5.69 Å². The van der Waals surface area contributed by atoms with Gasteiger partial charge in [-0.05, 0) is 19.9 Å². The number of aryl methyl sites for hydroxylation is 2. The quantitative estimate of drug-likeness (QED) is 0.793. The molecule has 3 nitrogen and oxygen atoms in total. The largest absolute Gasteiger partial charge is 0.348 e. The summed E-state index contributed by atoms with van der Waals surface area (Å²) in [6, 6.07) is 1.87. The molecular weight excluding hydrogens is 232 g/mol. The highest BCUT2D eigenvalue weighted by molar-refractivity contribution is 9.11. The molecule has 1 aromatic heterocycles. The fourth-order valence-corrected chi connectivity index (χ4v) is 1.39. The van der Waals surface area contributed by atoms with E-state index >= 15 is 0 Å². The molecule has 70 valence electrons. The SMILES string of the molecule is C=C(Br)Cn1c(C)cc(C)nc1=O. The molecule has 0 N–H and O–H groups in total. The Labute approximate surface area is 85.2 Å². The van der Waals surface area contributed by atoms with E-state index < -0.39 is 0 Å². The van der Waals surface area contributed by atoms with Crippen LogP contribution in [0, 0.1) is 13.8 Å². The lowest BCUT2D eigenvalue weighted by Gasteiger charge is -2.07. The van der Waals surface area contributed by atoms with Gasteiger partial charge in [0, 0.05) is 15.9 Å². The molecule has 0 amide bonds. The van der Waals surface area contributed by atoms with Crippen LogP contribution in [-0.4, -0.2) is 9.55 Å². The second kappa shape index (κ2) is 3.87. The lowest BCUT2D eigenvalue weighted by Crippen LogP contribution is -2.25. The highest BCUT2D eigenvalue weighted by atomic mass is 79.9. The molecule has 0 saturated carbocycles. The zero-order valence-corrected chi connectivity index (χ0v) is 9.26. The van der Waals surface area contributed by atoms with Crippen molar-refractivity contribution < 1.29 is 0 Å². The summed E-state index contributed by atoms with van der Waals surface area (Å²) in [7, 11) is 0. The van der Waals surface area contributed by atoms with Gasteiger partial charge in [-0.2, -0.15) is 4.98 Å². The molecule has 13 heavy (non-hydrogen) atoms. The Hall–Kier alpha value is -0.900.